The van der Waals surface area contributed by atoms with Crippen molar-refractivity contribution in [1.82, 2.24) is 0 Å². The number of Topliss-reactive ketones (excluding diaryl/α,β-unsaturated/α-hetero) is 1. The molecule has 0 aliphatic heterocycles. The van der Waals surface area contributed by atoms with Crippen molar-refractivity contribution in [2.75, 3.05) is 0 Å². The quantitative estimate of drug-likeness (QED) is 0.482. The lowest BCUT2D eigenvalue weighted by atomic mass is 9.55. The molecule has 9 heavy (non-hydrogen) atoms. The first kappa shape index (κ1) is 6.79. The van der Waals surface area contributed by atoms with Crippen molar-refractivity contribution >= 4 is 5.78 Å². The van der Waals surface area contributed by atoms with Crippen molar-refractivity contribution in [3.8, 4) is 0 Å². The Morgan fingerprint density at radius 2 is 1.44 bits per heavy atom. The number of hydrogen-bond acceptors (Lipinski definition) is 1. The fraction of sp³-hybridized carbons (Fsp3) is 0.750. The van der Waals surface area contributed by atoms with E-state index in [1.807, 2.05) is 27.7 Å². The molecule has 0 aromatic heterocycles. The molecule has 0 saturated heterocycles. The Morgan fingerprint density at radius 1 is 1.11 bits per heavy atom. The van der Waals surface area contributed by atoms with Crippen LogP contribution in [0, 0.1) is 17.3 Å². The Labute approximate surface area is 56.4 Å². The van der Waals surface area contributed by atoms with Gasteiger partial charge in [0.2, 0.25) is 0 Å². The van der Waals surface area contributed by atoms with Crippen LogP contribution in [0.15, 0.2) is 0 Å². The van der Waals surface area contributed by atoms with Gasteiger partial charge in [0.1, 0.15) is 5.78 Å². The summed E-state index contributed by atoms with van der Waals surface area (Å²) in [6.45, 7) is 7.84. The van der Waals surface area contributed by atoms with Gasteiger partial charge in [0.05, 0.1) is 0 Å². The topological polar surface area (TPSA) is 17.1 Å². The summed E-state index contributed by atoms with van der Waals surface area (Å²) in [6.07, 6.45) is 2.10. The van der Waals surface area contributed by atoms with Crippen LogP contribution < -0.4 is 0 Å². The molecule has 1 aliphatic rings. The monoisotopic (exact) mass is 125 g/mol. The first-order valence-corrected chi connectivity index (χ1v) is 3.28. The van der Waals surface area contributed by atoms with Crippen molar-refractivity contribution in [1.29, 1.82) is 0 Å². The Kier molecular flexibility index (Phi) is 1.05. The largest absolute Gasteiger partial charge is 0.298 e. The second kappa shape index (κ2) is 1.39. The third-order valence-corrected chi connectivity index (χ3v) is 1.89. The fourth-order valence-electron chi connectivity index (χ4n) is 1.79. The van der Waals surface area contributed by atoms with E-state index in [1.54, 1.807) is 0 Å². The molecule has 1 nitrogen and oxygen atoms in total. The standard InChI is InChI=1S/C8H13O/c1-7(2)5-8(3,4)6(7)9/h5H,1-4H3. The van der Waals surface area contributed by atoms with Gasteiger partial charge in [-0.2, -0.15) is 0 Å². The Hall–Kier alpha value is -0.330. The van der Waals surface area contributed by atoms with Crippen LogP contribution in [-0.2, 0) is 4.79 Å². The molecular weight excluding hydrogens is 112 g/mol. The molecule has 1 radical (unpaired) electrons. The summed E-state index contributed by atoms with van der Waals surface area (Å²) in [4.78, 5) is 11.2. The van der Waals surface area contributed by atoms with Crippen molar-refractivity contribution in [3.05, 3.63) is 6.42 Å². The number of carbonyl (C=O) groups excluding carboxylic acids is 1. The average Bonchev–Trinajstić information content (AvgIpc) is 1.63. The van der Waals surface area contributed by atoms with Gasteiger partial charge in [-0.1, -0.05) is 27.7 Å². The lowest BCUT2D eigenvalue weighted by molar-refractivity contribution is -0.142. The van der Waals surface area contributed by atoms with E-state index < -0.39 is 0 Å². The zero-order valence-electron chi connectivity index (χ0n) is 6.49. The number of hydrogen-bond donors (Lipinski definition) is 0. The van der Waals surface area contributed by atoms with E-state index in [-0.39, 0.29) is 10.8 Å². The highest BCUT2D eigenvalue weighted by molar-refractivity contribution is 5.98. The molecule has 0 amide bonds. The molecule has 0 aromatic rings. The molecule has 51 valence electrons. The fourth-order valence-corrected chi connectivity index (χ4v) is 1.79. The maximum atomic E-state index is 11.2. The molecule has 0 bridgehead atoms. The van der Waals surface area contributed by atoms with Crippen LogP contribution in [0.3, 0.4) is 0 Å². The number of carbonyl (C=O) groups is 1. The SMILES string of the molecule is CC1(C)[CH]C(C)(C)C1=O. The first-order valence-electron chi connectivity index (χ1n) is 3.28. The molecule has 1 aliphatic carbocycles. The maximum Gasteiger partial charge on any atom is 0.144 e. The van der Waals surface area contributed by atoms with Gasteiger partial charge in [0.25, 0.3) is 0 Å². The summed E-state index contributed by atoms with van der Waals surface area (Å²) in [5.41, 5.74) is -0.299. The lowest BCUT2D eigenvalue weighted by Gasteiger charge is -2.46. The van der Waals surface area contributed by atoms with Gasteiger partial charge in [-0.05, 0) is 6.42 Å². The van der Waals surface area contributed by atoms with Gasteiger partial charge in [-0.15, -0.1) is 0 Å². The van der Waals surface area contributed by atoms with E-state index in [2.05, 4.69) is 6.42 Å². The summed E-state index contributed by atoms with van der Waals surface area (Å²) in [5, 5.41) is 0. The Balaban J connectivity index is 2.74. The molecule has 0 N–H and O–H groups in total. The van der Waals surface area contributed by atoms with E-state index >= 15 is 0 Å². The maximum absolute atomic E-state index is 11.2. The third-order valence-electron chi connectivity index (χ3n) is 1.89. The molecule has 1 heteroatoms. The summed E-state index contributed by atoms with van der Waals surface area (Å²) >= 11 is 0. The zero-order chi connectivity index (χ0) is 7.28. The van der Waals surface area contributed by atoms with Gasteiger partial charge in [0, 0.05) is 10.8 Å². The second-order valence-corrected chi connectivity index (χ2v) is 3.92. The minimum absolute atomic E-state index is 0.149. The van der Waals surface area contributed by atoms with Crippen LogP contribution >= 0.6 is 0 Å². The van der Waals surface area contributed by atoms with Gasteiger partial charge >= 0.3 is 0 Å². The number of ketones is 1. The molecule has 1 rings (SSSR count). The van der Waals surface area contributed by atoms with E-state index in [0.717, 1.165) is 0 Å². The molecule has 0 atom stereocenters. The van der Waals surface area contributed by atoms with E-state index in [1.165, 1.54) is 0 Å². The van der Waals surface area contributed by atoms with Crippen LogP contribution in [0.4, 0.5) is 0 Å². The Bertz CT molecular complexity index is 138. The van der Waals surface area contributed by atoms with Gasteiger partial charge in [0.15, 0.2) is 0 Å². The summed E-state index contributed by atoms with van der Waals surface area (Å²) < 4.78 is 0. The third kappa shape index (κ3) is 0.790. The van der Waals surface area contributed by atoms with Crippen LogP contribution in [0.25, 0.3) is 0 Å². The van der Waals surface area contributed by atoms with Crippen molar-refractivity contribution in [2.45, 2.75) is 27.7 Å². The summed E-state index contributed by atoms with van der Waals surface area (Å²) in [6, 6.07) is 0. The van der Waals surface area contributed by atoms with Crippen LogP contribution in [0.2, 0.25) is 0 Å². The minimum Gasteiger partial charge on any atom is -0.298 e. The predicted octanol–water partition coefficient (Wildman–Crippen LogP) is 1.83. The first-order chi connectivity index (χ1) is 3.86. The average molecular weight is 125 g/mol. The summed E-state index contributed by atoms with van der Waals surface area (Å²) in [5.74, 6) is 0.356. The van der Waals surface area contributed by atoms with E-state index in [4.69, 9.17) is 0 Å². The lowest BCUT2D eigenvalue weighted by Crippen LogP contribution is -2.51. The molecule has 0 heterocycles. The molecular formula is C8H13O. The highest BCUT2D eigenvalue weighted by Crippen LogP contribution is 2.48. The predicted molar refractivity (Wildman–Crippen MR) is 36.9 cm³/mol. The van der Waals surface area contributed by atoms with Crippen LogP contribution in [0.1, 0.15) is 27.7 Å². The van der Waals surface area contributed by atoms with Gasteiger partial charge in [-0.3, -0.25) is 4.79 Å². The van der Waals surface area contributed by atoms with E-state index in [9.17, 15) is 4.79 Å². The zero-order valence-corrected chi connectivity index (χ0v) is 6.49. The van der Waals surface area contributed by atoms with Gasteiger partial charge < -0.3 is 0 Å². The highest BCUT2D eigenvalue weighted by Gasteiger charge is 2.52. The normalized spacial score (nSPS) is 29.6. The smallest absolute Gasteiger partial charge is 0.144 e. The van der Waals surface area contributed by atoms with E-state index in [0.29, 0.717) is 5.78 Å². The number of rotatable bonds is 0. The van der Waals surface area contributed by atoms with Gasteiger partial charge in [-0.25, -0.2) is 0 Å². The van der Waals surface area contributed by atoms with Crippen molar-refractivity contribution < 1.29 is 4.79 Å². The molecule has 0 aromatic carbocycles. The molecule has 1 fully saturated rings. The van der Waals surface area contributed by atoms with Crippen molar-refractivity contribution in [3.63, 3.8) is 0 Å². The minimum atomic E-state index is -0.149. The van der Waals surface area contributed by atoms with Crippen molar-refractivity contribution in [2.24, 2.45) is 10.8 Å². The second-order valence-electron chi connectivity index (χ2n) is 3.92. The van der Waals surface area contributed by atoms with Crippen LogP contribution in [-0.4, -0.2) is 5.78 Å². The molecule has 1 saturated carbocycles. The highest BCUT2D eigenvalue weighted by atomic mass is 16.1. The molecule has 0 unspecified atom stereocenters. The molecule has 0 spiro atoms. The summed E-state index contributed by atoms with van der Waals surface area (Å²) in [7, 11) is 0. The Morgan fingerprint density at radius 3 is 1.44 bits per heavy atom. The van der Waals surface area contributed by atoms with Crippen LogP contribution in [0.5, 0.6) is 0 Å².